The number of methoxy groups -OCH3 is 1. The molecular formula is C19H20Cl2N2O2. The summed E-state index contributed by atoms with van der Waals surface area (Å²) in [5.74, 6) is 0.809. The van der Waals surface area contributed by atoms with Crippen molar-refractivity contribution in [3.05, 3.63) is 63.6 Å². The van der Waals surface area contributed by atoms with Crippen LogP contribution in [0.4, 0.5) is 4.79 Å². The molecule has 0 heterocycles. The number of carbonyl (C=O) groups is 1. The average molecular weight is 379 g/mol. The van der Waals surface area contributed by atoms with Crippen LogP contribution in [-0.2, 0) is 12.0 Å². The van der Waals surface area contributed by atoms with Crippen molar-refractivity contribution >= 4 is 29.2 Å². The number of ether oxygens (including phenoxy) is 1. The molecule has 1 aliphatic rings. The van der Waals surface area contributed by atoms with E-state index in [1.165, 1.54) is 0 Å². The summed E-state index contributed by atoms with van der Waals surface area (Å²) in [5, 5.41) is 7.20. The van der Waals surface area contributed by atoms with Crippen LogP contribution in [0.5, 0.6) is 5.75 Å². The third-order valence-electron chi connectivity index (χ3n) is 4.44. The Morgan fingerprint density at radius 1 is 1.16 bits per heavy atom. The van der Waals surface area contributed by atoms with Gasteiger partial charge in [0.2, 0.25) is 0 Å². The quantitative estimate of drug-likeness (QED) is 0.775. The van der Waals surface area contributed by atoms with Gasteiger partial charge in [-0.2, -0.15) is 0 Å². The normalized spacial score (nSPS) is 14.7. The van der Waals surface area contributed by atoms with E-state index in [0.717, 1.165) is 29.7 Å². The summed E-state index contributed by atoms with van der Waals surface area (Å²) in [7, 11) is 1.64. The van der Waals surface area contributed by atoms with Gasteiger partial charge >= 0.3 is 6.03 Å². The van der Waals surface area contributed by atoms with Crippen molar-refractivity contribution in [2.24, 2.45) is 0 Å². The predicted octanol–water partition coefficient (Wildman–Crippen LogP) is 4.53. The van der Waals surface area contributed by atoms with Gasteiger partial charge in [-0.25, -0.2) is 4.79 Å². The van der Waals surface area contributed by atoms with E-state index in [2.05, 4.69) is 10.6 Å². The lowest BCUT2D eigenvalue weighted by Gasteiger charge is -2.19. The Hall–Kier alpha value is -1.91. The summed E-state index contributed by atoms with van der Waals surface area (Å²) in [6.45, 7) is 0.506. The van der Waals surface area contributed by atoms with Gasteiger partial charge in [0.25, 0.3) is 0 Å². The SMILES string of the molecule is COc1ccc(C2(NC(=O)NCCc3ccc(Cl)cc3Cl)CC2)cc1. The number of halogens is 2. The van der Waals surface area contributed by atoms with Crippen molar-refractivity contribution in [3.8, 4) is 5.75 Å². The minimum Gasteiger partial charge on any atom is -0.497 e. The van der Waals surface area contributed by atoms with Crippen LogP contribution in [-0.4, -0.2) is 19.7 Å². The Labute approximate surface area is 157 Å². The molecule has 0 atom stereocenters. The molecule has 1 fully saturated rings. The monoisotopic (exact) mass is 378 g/mol. The topological polar surface area (TPSA) is 50.4 Å². The maximum atomic E-state index is 12.2. The Bertz CT molecular complexity index is 759. The Morgan fingerprint density at radius 2 is 1.88 bits per heavy atom. The molecule has 132 valence electrons. The lowest BCUT2D eigenvalue weighted by atomic mass is 10.1. The molecule has 2 aromatic carbocycles. The third-order valence-corrected chi connectivity index (χ3v) is 5.03. The number of hydrogen-bond acceptors (Lipinski definition) is 2. The summed E-state index contributed by atoms with van der Waals surface area (Å²) < 4.78 is 5.18. The fourth-order valence-corrected chi connectivity index (χ4v) is 3.32. The summed E-state index contributed by atoms with van der Waals surface area (Å²) in [5.41, 5.74) is 1.81. The van der Waals surface area contributed by atoms with Gasteiger partial charge in [-0.3, -0.25) is 0 Å². The molecule has 6 heteroatoms. The lowest BCUT2D eigenvalue weighted by Crippen LogP contribution is -2.42. The molecule has 0 aliphatic heterocycles. The van der Waals surface area contributed by atoms with Crippen LogP contribution in [0.25, 0.3) is 0 Å². The number of rotatable bonds is 6. The van der Waals surface area contributed by atoms with Crippen LogP contribution >= 0.6 is 23.2 Å². The number of amides is 2. The summed E-state index contributed by atoms with van der Waals surface area (Å²) in [6.07, 6.45) is 2.53. The highest BCUT2D eigenvalue weighted by Gasteiger charge is 2.45. The van der Waals surface area contributed by atoms with E-state index in [1.807, 2.05) is 30.3 Å². The zero-order chi connectivity index (χ0) is 17.9. The second-order valence-electron chi connectivity index (χ2n) is 6.18. The summed E-state index contributed by atoms with van der Waals surface area (Å²) in [4.78, 5) is 12.2. The fraction of sp³-hybridized carbons (Fsp3) is 0.316. The smallest absolute Gasteiger partial charge is 0.315 e. The van der Waals surface area contributed by atoms with Crippen LogP contribution in [0.3, 0.4) is 0 Å². The van der Waals surface area contributed by atoms with Gasteiger partial charge in [-0.1, -0.05) is 41.4 Å². The van der Waals surface area contributed by atoms with Gasteiger partial charge in [0.05, 0.1) is 12.6 Å². The van der Waals surface area contributed by atoms with E-state index in [1.54, 1.807) is 19.2 Å². The summed E-state index contributed by atoms with van der Waals surface area (Å²) in [6, 6.07) is 13.0. The predicted molar refractivity (Wildman–Crippen MR) is 101 cm³/mol. The van der Waals surface area contributed by atoms with Gasteiger partial charge < -0.3 is 15.4 Å². The first-order valence-corrected chi connectivity index (χ1v) is 8.92. The van der Waals surface area contributed by atoms with Crippen molar-refractivity contribution in [1.29, 1.82) is 0 Å². The van der Waals surface area contributed by atoms with Gasteiger partial charge in [0.1, 0.15) is 5.75 Å². The largest absolute Gasteiger partial charge is 0.497 e. The van der Waals surface area contributed by atoms with E-state index < -0.39 is 0 Å². The van der Waals surface area contributed by atoms with Gasteiger partial charge in [-0.15, -0.1) is 0 Å². The van der Waals surface area contributed by atoms with Crippen LogP contribution in [0.15, 0.2) is 42.5 Å². The van der Waals surface area contributed by atoms with E-state index in [-0.39, 0.29) is 11.6 Å². The molecule has 0 unspecified atom stereocenters. The second kappa shape index (κ2) is 7.54. The van der Waals surface area contributed by atoms with E-state index in [4.69, 9.17) is 27.9 Å². The molecule has 2 amide bonds. The molecule has 3 rings (SSSR count). The molecule has 0 aromatic heterocycles. The van der Waals surface area contributed by atoms with E-state index in [0.29, 0.717) is 23.0 Å². The standard InChI is InChI=1S/C19H20Cl2N2O2/c1-25-16-6-3-14(4-7-16)19(9-10-19)23-18(24)22-11-8-13-2-5-15(20)12-17(13)21/h2-7,12H,8-11H2,1H3,(H2,22,23,24). The fourth-order valence-electron chi connectivity index (χ4n) is 2.82. The molecular weight excluding hydrogens is 359 g/mol. The number of benzene rings is 2. The third kappa shape index (κ3) is 4.39. The second-order valence-corrected chi connectivity index (χ2v) is 7.02. The van der Waals surface area contributed by atoms with Crippen LogP contribution < -0.4 is 15.4 Å². The zero-order valence-corrected chi connectivity index (χ0v) is 15.5. The molecule has 0 saturated heterocycles. The average Bonchev–Trinajstić information content (AvgIpc) is 3.37. The van der Waals surface area contributed by atoms with E-state index in [9.17, 15) is 4.79 Å². The molecule has 2 aromatic rings. The highest BCUT2D eigenvalue weighted by atomic mass is 35.5. The first-order valence-electron chi connectivity index (χ1n) is 8.17. The lowest BCUT2D eigenvalue weighted by molar-refractivity contribution is 0.236. The van der Waals surface area contributed by atoms with Crippen LogP contribution in [0, 0.1) is 0 Å². The van der Waals surface area contributed by atoms with Crippen molar-refractivity contribution < 1.29 is 9.53 Å². The number of urea groups is 1. The molecule has 0 bridgehead atoms. The Morgan fingerprint density at radius 3 is 2.48 bits per heavy atom. The first kappa shape index (κ1) is 17.9. The maximum Gasteiger partial charge on any atom is 0.315 e. The van der Waals surface area contributed by atoms with Crippen molar-refractivity contribution in [2.45, 2.75) is 24.8 Å². The first-order chi connectivity index (χ1) is 12.0. The summed E-state index contributed by atoms with van der Waals surface area (Å²) >= 11 is 12.0. The van der Waals surface area contributed by atoms with Gasteiger partial charge in [0.15, 0.2) is 0 Å². The minimum absolute atomic E-state index is 0.168. The zero-order valence-electron chi connectivity index (χ0n) is 13.9. The van der Waals surface area contributed by atoms with Crippen LogP contribution in [0.2, 0.25) is 10.0 Å². The molecule has 0 spiro atoms. The maximum absolute atomic E-state index is 12.2. The van der Waals surface area contributed by atoms with E-state index >= 15 is 0 Å². The van der Waals surface area contributed by atoms with Gasteiger partial charge in [0, 0.05) is 16.6 Å². The highest BCUT2D eigenvalue weighted by molar-refractivity contribution is 6.35. The van der Waals surface area contributed by atoms with Crippen molar-refractivity contribution in [1.82, 2.24) is 10.6 Å². The Balaban J connectivity index is 1.52. The molecule has 25 heavy (non-hydrogen) atoms. The van der Waals surface area contributed by atoms with Crippen molar-refractivity contribution in [3.63, 3.8) is 0 Å². The molecule has 4 nitrogen and oxygen atoms in total. The van der Waals surface area contributed by atoms with Crippen molar-refractivity contribution in [2.75, 3.05) is 13.7 Å². The Kier molecular flexibility index (Phi) is 5.40. The molecule has 0 radical (unpaired) electrons. The number of nitrogens with one attached hydrogen (secondary N) is 2. The molecule has 1 aliphatic carbocycles. The highest BCUT2D eigenvalue weighted by Crippen LogP contribution is 2.45. The van der Waals surface area contributed by atoms with Crippen LogP contribution in [0.1, 0.15) is 24.0 Å². The number of carbonyl (C=O) groups excluding carboxylic acids is 1. The molecule has 2 N–H and O–H groups in total. The van der Waals surface area contributed by atoms with Gasteiger partial charge in [-0.05, 0) is 54.7 Å². The minimum atomic E-state index is -0.256. The molecule has 1 saturated carbocycles. The number of hydrogen-bond donors (Lipinski definition) is 2.